The largest absolute Gasteiger partial charge is 0.381 e. The first kappa shape index (κ1) is 62.5. The van der Waals surface area contributed by atoms with Crippen molar-refractivity contribution >= 4 is 39.5 Å². The smallest absolute Gasteiger partial charge is 0.267 e. The van der Waals surface area contributed by atoms with Crippen molar-refractivity contribution in [2.45, 2.75) is 306 Å². The first-order chi connectivity index (χ1) is 37.9. The number of Topliss-reactive ketones (excluding diaryl/α,β-unsaturated/α-hetero) is 3. The molecule has 452 valence electrons. The third-order valence-corrected chi connectivity index (χ3v) is 25.9. The number of carbonyl (C=O) groups is 3. The summed E-state index contributed by atoms with van der Waals surface area (Å²) < 4.78 is 64.4. The van der Waals surface area contributed by atoms with Crippen LogP contribution in [-0.4, -0.2) is 95.9 Å². The number of ketones is 3. The summed E-state index contributed by atoms with van der Waals surface area (Å²) in [6.45, 7) is 10.0. The van der Waals surface area contributed by atoms with Crippen LogP contribution in [0.3, 0.4) is 0 Å². The van der Waals surface area contributed by atoms with Crippen molar-refractivity contribution in [1.82, 2.24) is 0 Å². The number of methoxy groups -OCH3 is 1. The van der Waals surface area contributed by atoms with Crippen molar-refractivity contribution in [3.63, 3.8) is 0 Å². The third kappa shape index (κ3) is 16.1. The van der Waals surface area contributed by atoms with Gasteiger partial charge in [-0.15, -0.1) is 4.33 Å². The zero-order chi connectivity index (χ0) is 55.9. The van der Waals surface area contributed by atoms with Crippen LogP contribution in [0.1, 0.15) is 252 Å². The molecule has 13 nitrogen and oxygen atoms in total. The highest BCUT2D eigenvalue weighted by atomic mass is 32.2. The fourth-order valence-electron chi connectivity index (χ4n) is 18.4. The summed E-state index contributed by atoms with van der Waals surface area (Å²) in [4.78, 5) is 41.8. The van der Waals surface area contributed by atoms with Gasteiger partial charge < -0.3 is 18.9 Å². The van der Waals surface area contributed by atoms with E-state index >= 15 is 0 Å². The third-order valence-electron chi connectivity index (χ3n) is 23.8. The van der Waals surface area contributed by atoms with Gasteiger partial charge in [0.2, 0.25) is 0 Å². The minimum atomic E-state index is -4.18. The summed E-state index contributed by atoms with van der Waals surface area (Å²) in [6.07, 6.45) is 35.2. The Kier molecular flexibility index (Phi) is 22.5. The highest BCUT2D eigenvalue weighted by Crippen LogP contribution is 2.52. The molecule has 0 heterocycles. The quantitative estimate of drug-likeness (QED) is 0.0479. The monoisotopic (exact) mass is 1150 g/mol. The molecule has 0 radical (unpaired) electrons. The molecule has 9 rings (SSSR count). The van der Waals surface area contributed by atoms with Crippen LogP contribution in [0.4, 0.5) is 0 Å². The second kappa shape index (κ2) is 28.5. The van der Waals surface area contributed by atoms with E-state index in [0.717, 1.165) is 139 Å². The lowest BCUT2D eigenvalue weighted by molar-refractivity contribution is -0.432. The van der Waals surface area contributed by atoms with Crippen LogP contribution in [-0.2, 0) is 52.8 Å². The van der Waals surface area contributed by atoms with Gasteiger partial charge in [-0.25, -0.2) is 5.26 Å². The second-order valence-electron chi connectivity index (χ2n) is 28.7. The summed E-state index contributed by atoms with van der Waals surface area (Å²) in [5.41, 5.74) is 0.591. The Morgan fingerprint density at radius 2 is 0.759 bits per heavy atom. The molecule has 9 saturated carbocycles. The molecule has 9 aliphatic carbocycles. The van der Waals surface area contributed by atoms with Crippen LogP contribution in [0.25, 0.3) is 0 Å². The molecule has 7 unspecified atom stereocenters. The van der Waals surface area contributed by atoms with E-state index in [0.29, 0.717) is 85.7 Å². The molecular weight excluding hydrogens is 1040 g/mol. The first-order valence-corrected chi connectivity index (χ1v) is 34.9. The molecule has 0 aliphatic heterocycles. The Hall–Kier alpha value is -1.01. The Morgan fingerprint density at radius 1 is 0.418 bits per heavy atom. The van der Waals surface area contributed by atoms with Gasteiger partial charge in [0.05, 0.1) is 53.2 Å². The van der Waals surface area contributed by atoms with Gasteiger partial charge in [-0.3, -0.25) is 18.9 Å². The van der Waals surface area contributed by atoms with Gasteiger partial charge in [-0.2, -0.15) is 8.42 Å². The molecule has 0 aromatic heterocycles. The molecule has 9 aliphatic rings. The minimum absolute atomic E-state index is 0.0387. The second-order valence-corrected chi connectivity index (χ2v) is 31.4. The van der Waals surface area contributed by atoms with E-state index < -0.39 is 15.4 Å². The summed E-state index contributed by atoms with van der Waals surface area (Å²) in [6, 6.07) is 0. The molecule has 0 bridgehead atoms. The summed E-state index contributed by atoms with van der Waals surface area (Å²) in [7, 11) is -2.31. The molecule has 79 heavy (non-hydrogen) atoms. The van der Waals surface area contributed by atoms with Crippen molar-refractivity contribution in [3.05, 3.63) is 0 Å². The van der Waals surface area contributed by atoms with Gasteiger partial charge in [0.1, 0.15) is 17.3 Å². The van der Waals surface area contributed by atoms with Gasteiger partial charge in [0.15, 0.2) is 0 Å². The highest BCUT2D eigenvalue weighted by Gasteiger charge is 2.46. The lowest BCUT2D eigenvalue weighted by Crippen LogP contribution is -2.43. The normalized spacial score (nSPS) is 40.6. The Bertz CT molecular complexity index is 2030. The molecule has 0 aromatic carbocycles. The van der Waals surface area contributed by atoms with E-state index in [-0.39, 0.29) is 82.8 Å². The molecular formula is C64H106O13S2. The zero-order valence-corrected chi connectivity index (χ0v) is 51.1. The van der Waals surface area contributed by atoms with E-state index in [1.165, 1.54) is 64.2 Å². The zero-order valence-electron chi connectivity index (χ0n) is 49.4. The van der Waals surface area contributed by atoms with E-state index in [4.69, 9.17) is 28.5 Å². The van der Waals surface area contributed by atoms with E-state index in [1.807, 2.05) is 7.11 Å². The molecule has 7 atom stereocenters. The van der Waals surface area contributed by atoms with Crippen LogP contribution in [0, 0.1) is 70.0 Å². The number of rotatable bonds is 21. The van der Waals surface area contributed by atoms with Crippen LogP contribution in [0.2, 0.25) is 0 Å². The summed E-state index contributed by atoms with van der Waals surface area (Å²) in [5, 5.41) is 11.9. The maximum Gasteiger partial charge on any atom is 0.267 e. The number of carbonyl (C=O) groups excluding carboxylic acids is 3. The SMILES string of the molecule is COC1CCC(C(C)(C)C2CCC(OC3CCC(C(=O)C4CCCC(C(=O)C5CCC(OC6CCC(C(C)(C)C7CCC(OC8CCC(C(=O)C9CCCC(S(=O)(=O)O)C9)CC8SOOO)CC7)CC6)CC5)C4)CC3)CC2)CC1. The van der Waals surface area contributed by atoms with E-state index in [9.17, 15) is 27.4 Å². The van der Waals surface area contributed by atoms with Crippen molar-refractivity contribution < 1.29 is 60.9 Å². The van der Waals surface area contributed by atoms with Crippen molar-refractivity contribution in [2.24, 2.45) is 70.0 Å². The topological polar surface area (TPSA) is 181 Å². The van der Waals surface area contributed by atoms with Gasteiger partial charge in [0, 0.05) is 54.7 Å². The van der Waals surface area contributed by atoms with Gasteiger partial charge in [-0.1, -0.05) is 45.6 Å². The van der Waals surface area contributed by atoms with Crippen LogP contribution < -0.4 is 0 Å². The fourth-order valence-corrected chi connectivity index (χ4v) is 20.1. The maximum absolute atomic E-state index is 14.1. The van der Waals surface area contributed by atoms with Crippen LogP contribution >= 0.6 is 12.0 Å². The van der Waals surface area contributed by atoms with Crippen LogP contribution in [0.5, 0.6) is 0 Å². The molecule has 15 heteroatoms. The van der Waals surface area contributed by atoms with Gasteiger partial charge >= 0.3 is 0 Å². The number of ether oxygens (including phenoxy) is 4. The molecule has 0 amide bonds. The number of hydrogen-bond donors (Lipinski definition) is 2. The minimum Gasteiger partial charge on any atom is -0.381 e. The molecule has 0 saturated heterocycles. The van der Waals surface area contributed by atoms with E-state index in [1.54, 1.807) is 0 Å². The molecule has 0 aromatic rings. The fraction of sp³-hybridized carbons (Fsp3) is 0.953. The van der Waals surface area contributed by atoms with Gasteiger partial charge in [0.25, 0.3) is 10.1 Å². The average Bonchev–Trinajstić information content (AvgIpc) is 3.48. The van der Waals surface area contributed by atoms with Gasteiger partial charge in [-0.05, 0) is 246 Å². The Balaban J connectivity index is 0.636. The summed E-state index contributed by atoms with van der Waals surface area (Å²) >= 11 is 0.995. The van der Waals surface area contributed by atoms with Crippen molar-refractivity contribution in [2.75, 3.05) is 7.11 Å². The first-order valence-electron chi connectivity index (χ1n) is 32.6. The predicted octanol–water partition coefficient (Wildman–Crippen LogP) is 14.7. The maximum atomic E-state index is 14.1. The lowest BCUT2D eigenvalue weighted by atomic mass is 9.60. The highest BCUT2D eigenvalue weighted by molar-refractivity contribution is 7.95. The molecule has 2 N–H and O–H groups in total. The van der Waals surface area contributed by atoms with Crippen molar-refractivity contribution in [1.29, 1.82) is 0 Å². The molecule has 9 fully saturated rings. The standard InChI is InChI=1S/C64H106O13S2/c1-63(2,47-17-29-51(72-5)30-18-47)48-19-31-54(32-20-48)73-52-25-12-41(13-26-52)60(65)43-8-6-9-44(38-43)61(66)42-14-27-53(28-15-42)74-55-33-21-49(22-34-55)64(3,4)50-23-35-56(36-24-50)75-58-37-16-46(40-59(58)78-77-76-68)62(67)45-10-7-11-57(39-45)79(69,70)71/h41-59,68H,6-40H2,1-5H3,(H,69,70,71). The van der Waals surface area contributed by atoms with Crippen LogP contribution in [0.15, 0.2) is 0 Å². The summed E-state index contributed by atoms with van der Waals surface area (Å²) in [5.74, 6) is 3.48. The average molecular weight is 1150 g/mol. The Morgan fingerprint density at radius 3 is 1.16 bits per heavy atom. The molecule has 0 spiro atoms. The Labute approximate surface area is 480 Å². The predicted molar refractivity (Wildman–Crippen MR) is 307 cm³/mol. The number of hydrogen-bond acceptors (Lipinski definition) is 13. The lowest BCUT2D eigenvalue weighted by Gasteiger charge is -2.47. The van der Waals surface area contributed by atoms with Crippen molar-refractivity contribution in [3.8, 4) is 0 Å². The van der Waals surface area contributed by atoms with E-state index in [2.05, 4.69) is 32.7 Å².